The monoisotopic (exact) mass is 606 g/mol. The minimum Gasteiger partial charge on any atom is -0.458 e. The lowest BCUT2D eigenvalue weighted by atomic mass is 9.82. The summed E-state index contributed by atoms with van der Waals surface area (Å²) in [6.07, 6.45) is 2.90. The second kappa shape index (κ2) is 18.0. The molecule has 2 fully saturated rings. The second-order valence-corrected chi connectivity index (χ2v) is 9.90. The van der Waals surface area contributed by atoms with E-state index in [1.165, 1.54) is 0 Å². The number of ether oxygens (including phenoxy) is 6. The van der Waals surface area contributed by atoms with E-state index in [0.29, 0.717) is 24.9 Å². The number of alkyl carbamates (subject to hydrolysis) is 2. The van der Waals surface area contributed by atoms with Gasteiger partial charge in [0.2, 0.25) is 0 Å². The molecule has 0 heterocycles. The molecule has 0 aromatic carbocycles. The third-order valence-corrected chi connectivity index (χ3v) is 7.03. The minimum absolute atomic E-state index is 0.208. The van der Waals surface area contributed by atoms with Crippen LogP contribution in [0.2, 0.25) is 0 Å². The van der Waals surface area contributed by atoms with Gasteiger partial charge in [-0.3, -0.25) is 0 Å². The molecular formula is C29H38N2O12. The van der Waals surface area contributed by atoms with E-state index in [2.05, 4.69) is 36.9 Å². The Balaban J connectivity index is 1.76. The van der Waals surface area contributed by atoms with E-state index in [1.807, 2.05) is 0 Å². The number of esters is 4. The van der Waals surface area contributed by atoms with E-state index >= 15 is 0 Å². The highest BCUT2D eigenvalue weighted by Crippen LogP contribution is 2.51. The predicted molar refractivity (Wildman–Crippen MR) is 149 cm³/mol. The summed E-state index contributed by atoms with van der Waals surface area (Å²) in [4.78, 5) is 70.2. The SMILES string of the molecule is C=CC(=O)OCC(COC(=O)C=C)OC(=O)NCC1CC2CC1CC2CNC(=O)OC(COC(=O)C=C)COC(=O)C=C. The number of carbonyl (C=O) groups is 6. The van der Waals surface area contributed by atoms with Crippen LogP contribution in [0.5, 0.6) is 0 Å². The van der Waals surface area contributed by atoms with Crippen LogP contribution >= 0.6 is 0 Å². The summed E-state index contributed by atoms with van der Waals surface area (Å²) < 4.78 is 30.1. The fourth-order valence-electron chi connectivity index (χ4n) is 5.00. The number of rotatable bonds is 18. The van der Waals surface area contributed by atoms with E-state index in [4.69, 9.17) is 28.4 Å². The van der Waals surface area contributed by atoms with Crippen molar-refractivity contribution in [1.82, 2.24) is 10.6 Å². The van der Waals surface area contributed by atoms with Crippen LogP contribution in [0.4, 0.5) is 9.59 Å². The molecule has 2 saturated carbocycles. The van der Waals surface area contributed by atoms with Crippen LogP contribution in [0.25, 0.3) is 0 Å². The molecule has 2 rings (SSSR count). The average molecular weight is 607 g/mol. The Hall–Kier alpha value is -4.62. The van der Waals surface area contributed by atoms with Gasteiger partial charge in [-0.05, 0) is 42.9 Å². The molecule has 4 unspecified atom stereocenters. The van der Waals surface area contributed by atoms with Crippen LogP contribution in [0, 0.1) is 23.7 Å². The van der Waals surface area contributed by atoms with Gasteiger partial charge in [0.1, 0.15) is 26.4 Å². The number of nitrogens with one attached hydrogen (secondary N) is 2. The smallest absolute Gasteiger partial charge is 0.407 e. The second-order valence-electron chi connectivity index (χ2n) is 9.90. The van der Waals surface area contributed by atoms with Gasteiger partial charge < -0.3 is 39.1 Å². The fourth-order valence-corrected chi connectivity index (χ4v) is 5.00. The average Bonchev–Trinajstić information content (AvgIpc) is 3.61. The molecule has 43 heavy (non-hydrogen) atoms. The van der Waals surface area contributed by atoms with Gasteiger partial charge in [-0.1, -0.05) is 26.3 Å². The van der Waals surface area contributed by atoms with Crippen molar-refractivity contribution < 1.29 is 57.2 Å². The van der Waals surface area contributed by atoms with Gasteiger partial charge in [0.15, 0.2) is 12.2 Å². The van der Waals surface area contributed by atoms with Gasteiger partial charge >= 0.3 is 36.1 Å². The van der Waals surface area contributed by atoms with Gasteiger partial charge in [0.25, 0.3) is 0 Å². The van der Waals surface area contributed by atoms with Crippen molar-refractivity contribution in [2.24, 2.45) is 23.7 Å². The summed E-state index contributed by atoms with van der Waals surface area (Å²) in [6.45, 7) is 12.6. The topological polar surface area (TPSA) is 182 Å². The molecule has 0 aliphatic heterocycles. The highest BCUT2D eigenvalue weighted by Gasteiger charge is 2.45. The lowest BCUT2D eigenvalue weighted by Gasteiger charge is -2.28. The van der Waals surface area contributed by atoms with Crippen LogP contribution in [-0.4, -0.2) is 87.8 Å². The standard InChI is InChI=1S/C29H38N2O12/c1-5-24(32)38-14-22(15-39-25(33)6-2)42-28(36)30-12-20-10-19-9-18(20)11-21(19)13-31-29(37)43-23(16-40-26(34)7-3)17-41-27(35)8-4/h5-8,18-23H,1-4,9-17H2,(H,30,36)(H,31,37). The molecule has 0 radical (unpaired) electrons. The zero-order chi connectivity index (χ0) is 31.8. The first kappa shape index (κ1) is 34.6. The Morgan fingerprint density at radius 1 is 0.558 bits per heavy atom. The van der Waals surface area contributed by atoms with Gasteiger partial charge in [0.05, 0.1) is 0 Å². The van der Waals surface area contributed by atoms with Crippen molar-refractivity contribution in [2.75, 3.05) is 39.5 Å². The van der Waals surface area contributed by atoms with Crippen molar-refractivity contribution in [3.63, 3.8) is 0 Å². The third-order valence-electron chi connectivity index (χ3n) is 7.03. The maximum atomic E-state index is 12.4. The molecular weight excluding hydrogens is 568 g/mol. The molecule has 0 aromatic heterocycles. The highest BCUT2D eigenvalue weighted by atomic mass is 16.6. The van der Waals surface area contributed by atoms with E-state index in [-0.39, 0.29) is 38.3 Å². The molecule has 0 aromatic rings. The molecule has 2 aliphatic rings. The summed E-state index contributed by atoms with van der Waals surface area (Å²) >= 11 is 0. The maximum absolute atomic E-state index is 12.4. The third kappa shape index (κ3) is 12.4. The molecule has 2 bridgehead atoms. The van der Waals surface area contributed by atoms with E-state index in [1.54, 1.807) is 0 Å². The van der Waals surface area contributed by atoms with Crippen molar-refractivity contribution in [3.05, 3.63) is 50.6 Å². The quantitative estimate of drug-likeness (QED) is 0.131. The molecule has 236 valence electrons. The van der Waals surface area contributed by atoms with Crippen molar-refractivity contribution in [3.8, 4) is 0 Å². The molecule has 2 aliphatic carbocycles. The first-order valence-electron chi connectivity index (χ1n) is 13.6. The number of fused-ring (bicyclic) bond motifs is 2. The van der Waals surface area contributed by atoms with Crippen LogP contribution in [0.3, 0.4) is 0 Å². The van der Waals surface area contributed by atoms with Gasteiger partial charge in [-0.15, -0.1) is 0 Å². The van der Waals surface area contributed by atoms with Crippen LogP contribution < -0.4 is 10.6 Å². The first-order valence-corrected chi connectivity index (χ1v) is 13.6. The Labute approximate surface area is 249 Å². The zero-order valence-electron chi connectivity index (χ0n) is 23.9. The predicted octanol–water partition coefficient (Wildman–Crippen LogP) is 1.76. The Kier molecular flexibility index (Phi) is 14.5. The molecule has 2 amide bonds. The summed E-state index contributed by atoms with van der Waals surface area (Å²) in [7, 11) is 0. The molecule has 14 nitrogen and oxygen atoms in total. The molecule has 14 heteroatoms. The van der Waals surface area contributed by atoms with Crippen molar-refractivity contribution in [1.29, 1.82) is 0 Å². The van der Waals surface area contributed by atoms with Crippen LogP contribution in [0.15, 0.2) is 50.6 Å². The molecule has 2 N–H and O–H groups in total. The Morgan fingerprint density at radius 3 is 1.12 bits per heavy atom. The normalized spacial score (nSPS) is 19.9. The summed E-state index contributed by atoms with van der Waals surface area (Å²) in [6, 6.07) is 0. The fraction of sp³-hybridized carbons (Fsp3) is 0.517. The van der Waals surface area contributed by atoms with Gasteiger partial charge in [0, 0.05) is 37.4 Å². The Bertz CT molecular complexity index is 944. The lowest BCUT2D eigenvalue weighted by Crippen LogP contribution is -2.40. The van der Waals surface area contributed by atoms with Crippen LogP contribution in [-0.2, 0) is 47.6 Å². The van der Waals surface area contributed by atoms with E-state index in [0.717, 1.165) is 43.6 Å². The van der Waals surface area contributed by atoms with Crippen molar-refractivity contribution >= 4 is 36.1 Å². The summed E-state index contributed by atoms with van der Waals surface area (Å²) in [5, 5.41) is 5.44. The first-order chi connectivity index (χ1) is 20.6. The molecule has 4 atom stereocenters. The maximum Gasteiger partial charge on any atom is 0.407 e. The number of hydrogen-bond donors (Lipinski definition) is 2. The number of amides is 2. The Morgan fingerprint density at radius 2 is 0.860 bits per heavy atom. The number of carbonyl (C=O) groups excluding carboxylic acids is 6. The summed E-state index contributed by atoms with van der Waals surface area (Å²) in [5.41, 5.74) is 0. The van der Waals surface area contributed by atoms with Crippen LogP contribution in [0.1, 0.15) is 19.3 Å². The summed E-state index contributed by atoms with van der Waals surface area (Å²) in [5.74, 6) is -1.79. The van der Waals surface area contributed by atoms with Crippen molar-refractivity contribution in [2.45, 2.75) is 31.5 Å². The van der Waals surface area contributed by atoms with E-state index in [9.17, 15) is 28.8 Å². The van der Waals surface area contributed by atoms with Gasteiger partial charge in [-0.2, -0.15) is 0 Å². The van der Waals surface area contributed by atoms with E-state index < -0.39 is 48.3 Å². The number of hydrogen-bond acceptors (Lipinski definition) is 12. The largest absolute Gasteiger partial charge is 0.458 e. The molecule has 0 saturated heterocycles. The lowest BCUT2D eigenvalue weighted by molar-refractivity contribution is -0.147. The minimum atomic E-state index is -1.02. The highest BCUT2D eigenvalue weighted by molar-refractivity contribution is 5.82. The van der Waals surface area contributed by atoms with Gasteiger partial charge in [-0.25, -0.2) is 28.8 Å². The molecule has 0 spiro atoms. The zero-order valence-corrected chi connectivity index (χ0v) is 23.9.